The average Bonchev–Trinajstić information content (AvgIpc) is 3.08. The third kappa shape index (κ3) is 4.60. The molecular weight excluding hydrogens is 382 g/mol. The molecule has 0 unspecified atom stereocenters. The molecule has 156 valence electrons. The molecule has 0 spiro atoms. The van der Waals surface area contributed by atoms with E-state index in [0.717, 1.165) is 30.4 Å². The molecule has 1 aliphatic heterocycles. The van der Waals surface area contributed by atoms with Crippen molar-refractivity contribution in [2.24, 2.45) is 0 Å². The lowest BCUT2D eigenvalue weighted by molar-refractivity contribution is 0.102. The van der Waals surface area contributed by atoms with E-state index in [1.54, 1.807) is 13.0 Å². The molecule has 3 heterocycles. The average molecular weight is 407 g/mol. The van der Waals surface area contributed by atoms with Gasteiger partial charge in [0.2, 0.25) is 0 Å². The maximum Gasteiger partial charge on any atom is 0.259 e. The van der Waals surface area contributed by atoms with Crippen LogP contribution in [-0.4, -0.2) is 42.2 Å². The standard InChI is InChI=1S/C22H25N5O3/c1-14-12-19(15(2)30-14)22(28)26-18-6-4-17(5-7-18)25-20-13-21(24-16(3)23-20)27-8-10-29-11-9-27/h4-7,12-13H,8-11H2,1-3H3,(H,26,28)(H,23,24,25). The number of rotatable bonds is 5. The minimum Gasteiger partial charge on any atom is -0.466 e. The minimum atomic E-state index is -0.188. The molecule has 4 rings (SSSR count). The van der Waals surface area contributed by atoms with Gasteiger partial charge in [0.1, 0.15) is 29.0 Å². The summed E-state index contributed by atoms with van der Waals surface area (Å²) in [7, 11) is 0. The number of nitrogens with one attached hydrogen (secondary N) is 2. The fourth-order valence-electron chi connectivity index (χ4n) is 3.41. The van der Waals surface area contributed by atoms with Gasteiger partial charge in [-0.1, -0.05) is 0 Å². The summed E-state index contributed by atoms with van der Waals surface area (Å²) >= 11 is 0. The number of aryl methyl sites for hydroxylation is 3. The zero-order chi connectivity index (χ0) is 21.1. The summed E-state index contributed by atoms with van der Waals surface area (Å²) in [5.41, 5.74) is 2.12. The second-order valence-electron chi connectivity index (χ2n) is 7.24. The molecule has 0 saturated carbocycles. The first kappa shape index (κ1) is 19.9. The first-order valence-corrected chi connectivity index (χ1v) is 9.92. The lowest BCUT2D eigenvalue weighted by Gasteiger charge is -2.28. The molecule has 2 N–H and O–H groups in total. The Kier molecular flexibility index (Phi) is 5.67. The van der Waals surface area contributed by atoms with Gasteiger partial charge in [-0.15, -0.1) is 0 Å². The topological polar surface area (TPSA) is 92.5 Å². The number of anilines is 4. The highest BCUT2D eigenvalue weighted by atomic mass is 16.5. The summed E-state index contributed by atoms with van der Waals surface area (Å²) < 4.78 is 10.8. The van der Waals surface area contributed by atoms with Crippen molar-refractivity contribution in [3.8, 4) is 0 Å². The van der Waals surface area contributed by atoms with Crippen LogP contribution in [0.3, 0.4) is 0 Å². The Morgan fingerprint density at radius 1 is 1.00 bits per heavy atom. The molecule has 8 heteroatoms. The van der Waals surface area contributed by atoms with Gasteiger partial charge < -0.3 is 24.7 Å². The molecule has 0 radical (unpaired) electrons. The SMILES string of the molecule is Cc1nc(Nc2ccc(NC(=O)c3cc(C)oc3C)cc2)cc(N2CCOCC2)n1. The number of morpholine rings is 1. The van der Waals surface area contributed by atoms with Crippen LogP contribution in [0.15, 0.2) is 40.8 Å². The second-order valence-corrected chi connectivity index (χ2v) is 7.24. The van der Waals surface area contributed by atoms with E-state index in [-0.39, 0.29) is 5.91 Å². The maximum atomic E-state index is 12.4. The number of carbonyl (C=O) groups excluding carboxylic acids is 1. The highest BCUT2D eigenvalue weighted by Crippen LogP contribution is 2.22. The fraction of sp³-hybridized carbons (Fsp3) is 0.318. The Labute approximate surface area is 175 Å². The van der Waals surface area contributed by atoms with Crippen LogP contribution in [0.25, 0.3) is 0 Å². The highest BCUT2D eigenvalue weighted by Gasteiger charge is 2.15. The number of nitrogens with zero attached hydrogens (tertiary/aromatic N) is 3. The van der Waals surface area contributed by atoms with Crippen molar-refractivity contribution < 1.29 is 13.9 Å². The first-order chi connectivity index (χ1) is 14.5. The monoisotopic (exact) mass is 407 g/mol. The van der Waals surface area contributed by atoms with Gasteiger partial charge >= 0.3 is 0 Å². The van der Waals surface area contributed by atoms with Crippen LogP contribution >= 0.6 is 0 Å². The Balaban J connectivity index is 1.44. The van der Waals surface area contributed by atoms with Gasteiger partial charge in [-0.25, -0.2) is 9.97 Å². The van der Waals surface area contributed by atoms with Gasteiger partial charge in [0.05, 0.1) is 18.8 Å². The van der Waals surface area contributed by atoms with Crippen molar-refractivity contribution in [2.75, 3.05) is 41.8 Å². The van der Waals surface area contributed by atoms with Gasteiger partial charge in [0.25, 0.3) is 5.91 Å². The number of carbonyl (C=O) groups is 1. The van der Waals surface area contributed by atoms with Crippen molar-refractivity contribution in [2.45, 2.75) is 20.8 Å². The van der Waals surface area contributed by atoms with Crippen molar-refractivity contribution >= 4 is 28.9 Å². The molecule has 1 saturated heterocycles. The zero-order valence-corrected chi connectivity index (χ0v) is 17.4. The number of hydrogen-bond acceptors (Lipinski definition) is 7. The lowest BCUT2D eigenvalue weighted by atomic mass is 10.2. The predicted octanol–water partition coefficient (Wildman–Crippen LogP) is 3.83. The van der Waals surface area contributed by atoms with Gasteiger partial charge in [-0.3, -0.25) is 4.79 Å². The zero-order valence-electron chi connectivity index (χ0n) is 17.4. The van der Waals surface area contributed by atoms with E-state index in [9.17, 15) is 4.79 Å². The summed E-state index contributed by atoms with van der Waals surface area (Å²) in [5, 5.41) is 6.21. The van der Waals surface area contributed by atoms with Gasteiger partial charge in [-0.05, 0) is 51.1 Å². The molecule has 2 aromatic heterocycles. The van der Waals surface area contributed by atoms with Crippen LogP contribution in [0, 0.1) is 20.8 Å². The number of benzene rings is 1. The van der Waals surface area contributed by atoms with E-state index in [2.05, 4.69) is 25.5 Å². The van der Waals surface area contributed by atoms with Crippen LogP contribution < -0.4 is 15.5 Å². The molecular formula is C22H25N5O3. The molecule has 30 heavy (non-hydrogen) atoms. The Morgan fingerprint density at radius 2 is 1.70 bits per heavy atom. The molecule has 1 amide bonds. The van der Waals surface area contributed by atoms with E-state index in [4.69, 9.17) is 9.15 Å². The Morgan fingerprint density at radius 3 is 2.37 bits per heavy atom. The van der Waals surface area contributed by atoms with E-state index in [1.807, 2.05) is 44.2 Å². The van der Waals surface area contributed by atoms with Crippen LogP contribution in [0.1, 0.15) is 27.7 Å². The van der Waals surface area contributed by atoms with E-state index >= 15 is 0 Å². The quantitative estimate of drug-likeness (QED) is 0.664. The molecule has 8 nitrogen and oxygen atoms in total. The normalized spacial score (nSPS) is 13.9. The molecule has 0 bridgehead atoms. The predicted molar refractivity (Wildman–Crippen MR) is 116 cm³/mol. The van der Waals surface area contributed by atoms with Crippen molar-refractivity contribution in [3.63, 3.8) is 0 Å². The fourth-order valence-corrected chi connectivity index (χ4v) is 3.41. The second kappa shape index (κ2) is 8.54. The number of furan rings is 1. The largest absolute Gasteiger partial charge is 0.466 e. The number of hydrogen-bond donors (Lipinski definition) is 2. The summed E-state index contributed by atoms with van der Waals surface area (Å²) in [6.07, 6.45) is 0. The third-order valence-electron chi connectivity index (χ3n) is 4.86. The van der Waals surface area contributed by atoms with Crippen LogP contribution in [0.5, 0.6) is 0 Å². The minimum absolute atomic E-state index is 0.188. The molecule has 1 aromatic carbocycles. The van der Waals surface area contributed by atoms with Crippen molar-refractivity contribution in [1.29, 1.82) is 0 Å². The van der Waals surface area contributed by atoms with E-state index in [1.165, 1.54) is 0 Å². The summed E-state index contributed by atoms with van der Waals surface area (Å²) in [6, 6.07) is 11.2. The van der Waals surface area contributed by atoms with Gasteiger partial charge in [0.15, 0.2) is 0 Å². The van der Waals surface area contributed by atoms with Gasteiger partial charge in [-0.2, -0.15) is 0 Å². The summed E-state index contributed by atoms with van der Waals surface area (Å²) in [4.78, 5) is 23.7. The van der Waals surface area contributed by atoms with Crippen LogP contribution in [0.2, 0.25) is 0 Å². The molecule has 1 fully saturated rings. The highest BCUT2D eigenvalue weighted by molar-refractivity contribution is 6.05. The van der Waals surface area contributed by atoms with Crippen molar-refractivity contribution in [1.82, 2.24) is 9.97 Å². The van der Waals surface area contributed by atoms with Crippen molar-refractivity contribution in [3.05, 3.63) is 59.3 Å². The van der Waals surface area contributed by atoms with Crippen LogP contribution in [-0.2, 0) is 4.74 Å². The maximum absolute atomic E-state index is 12.4. The first-order valence-electron chi connectivity index (χ1n) is 9.92. The van der Waals surface area contributed by atoms with Crippen LogP contribution in [0.4, 0.5) is 23.0 Å². The summed E-state index contributed by atoms with van der Waals surface area (Å²) in [5.74, 6) is 3.46. The van der Waals surface area contributed by atoms with E-state index in [0.29, 0.717) is 41.8 Å². The van der Waals surface area contributed by atoms with E-state index < -0.39 is 0 Å². The molecule has 1 aliphatic rings. The smallest absolute Gasteiger partial charge is 0.259 e. The lowest BCUT2D eigenvalue weighted by Crippen LogP contribution is -2.36. The Bertz CT molecular complexity index is 1040. The Hall–Kier alpha value is -3.39. The molecule has 0 atom stereocenters. The number of ether oxygens (including phenoxy) is 1. The third-order valence-corrected chi connectivity index (χ3v) is 4.86. The number of aromatic nitrogens is 2. The number of amides is 1. The summed E-state index contributed by atoms with van der Waals surface area (Å²) in [6.45, 7) is 8.54. The van der Waals surface area contributed by atoms with Gasteiger partial charge in [0, 0.05) is 30.5 Å². The molecule has 3 aromatic rings. The molecule has 0 aliphatic carbocycles.